The molecule has 0 atom stereocenters. The summed E-state index contributed by atoms with van der Waals surface area (Å²) in [7, 11) is 0. The molecule has 0 unspecified atom stereocenters. The Kier molecular flexibility index (Phi) is 8.00. The number of hydrogen-bond donors (Lipinski definition) is 0. The van der Waals surface area contributed by atoms with Gasteiger partial charge in [0.2, 0.25) is 5.95 Å². The van der Waals surface area contributed by atoms with Crippen molar-refractivity contribution >= 4 is 45.7 Å². The Morgan fingerprint density at radius 3 is 1.72 bits per heavy atom. The van der Waals surface area contributed by atoms with E-state index in [9.17, 15) is 0 Å². The predicted octanol–water partition coefficient (Wildman–Crippen LogP) is 10.3. The van der Waals surface area contributed by atoms with Crippen molar-refractivity contribution < 1.29 is 0 Å². The summed E-state index contributed by atoms with van der Waals surface area (Å²) in [6.07, 6.45) is 17.2. The summed E-state index contributed by atoms with van der Waals surface area (Å²) in [5.74, 6) is 1.91. The smallest absolute Gasteiger partial charge is 0.238 e. The quantitative estimate of drug-likeness (QED) is 0.183. The SMILES string of the molecule is CC(C)(C)c1ccc2c(c1)c1cc(C(C)(C)C)ccc1n2C1=CC=Cc2c(n(-c3nc(-c4ccccc4)nc(-c4ccccc4)n3)c3c2=CCC=CC=3)C1. The third kappa shape index (κ3) is 5.85. The molecule has 0 fully saturated rings. The molecule has 4 aromatic carbocycles. The third-order valence-electron chi connectivity index (χ3n) is 10.8. The van der Waals surface area contributed by atoms with Crippen molar-refractivity contribution in [2.24, 2.45) is 0 Å². The lowest BCUT2D eigenvalue weighted by Crippen LogP contribution is -2.30. The molecule has 0 saturated heterocycles. The molecular weight excluding hydrogens is 659 g/mol. The van der Waals surface area contributed by atoms with E-state index >= 15 is 0 Å². The zero-order chi connectivity index (χ0) is 37.2. The minimum absolute atomic E-state index is 0.0330. The maximum absolute atomic E-state index is 5.23. The molecule has 0 radical (unpaired) electrons. The molecule has 2 aliphatic carbocycles. The second kappa shape index (κ2) is 12.8. The van der Waals surface area contributed by atoms with Gasteiger partial charge in [-0.1, -0.05) is 145 Å². The maximum Gasteiger partial charge on any atom is 0.238 e. The lowest BCUT2D eigenvalue weighted by atomic mass is 9.85. The molecule has 7 aromatic rings. The van der Waals surface area contributed by atoms with Crippen LogP contribution in [0.4, 0.5) is 0 Å². The van der Waals surface area contributed by atoms with E-state index < -0.39 is 0 Å². The van der Waals surface area contributed by atoms with E-state index in [1.165, 1.54) is 49.4 Å². The van der Waals surface area contributed by atoms with Crippen molar-refractivity contribution in [3.63, 3.8) is 0 Å². The minimum atomic E-state index is 0.0330. The van der Waals surface area contributed by atoms with E-state index in [1.807, 2.05) is 36.4 Å². The van der Waals surface area contributed by atoms with Crippen LogP contribution in [0.1, 0.15) is 70.3 Å². The molecule has 5 heteroatoms. The normalized spacial score (nSPS) is 14.2. The first-order chi connectivity index (χ1) is 26.0. The summed E-state index contributed by atoms with van der Waals surface area (Å²) in [5, 5.41) is 4.85. The maximum atomic E-state index is 5.23. The molecule has 0 bridgehead atoms. The number of fused-ring (bicyclic) bond motifs is 6. The molecule has 3 heterocycles. The van der Waals surface area contributed by atoms with Crippen LogP contribution >= 0.6 is 0 Å². The van der Waals surface area contributed by atoms with Gasteiger partial charge in [0.05, 0.1) is 16.4 Å². The van der Waals surface area contributed by atoms with Crippen LogP contribution in [-0.4, -0.2) is 24.1 Å². The lowest BCUT2D eigenvalue weighted by Gasteiger charge is -2.19. The Morgan fingerprint density at radius 2 is 1.17 bits per heavy atom. The fourth-order valence-electron chi connectivity index (χ4n) is 7.87. The molecule has 0 saturated carbocycles. The Morgan fingerprint density at radius 1 is 0.593 bits per heavy atom. The highest BCUT2D eigenvalue weighted by Gasteiger charge is 2.25. The summed E-state index contributed by atoms with van der Waals surface area (Å²) in [5.41, 5.74) is 10.6. The number of benzene rings is 4. The molecule has 0 N–H and O–H groups in total. The molecule has 3 aromatic heterocycles. The van der Waals surface area contributed by atoms with Gasteiger partial charge in [-0.05, 0) is 64.8 Å². The van der Waals surface area contributed by atoms with Gasteiger partial charge < -0.3 is 4.57 Å². The first kappa shape index (κ1) is 33.7. The van der Waals surface area contributed by atoms with Crippen LogP contribution < -0.4 is 10.6 Å². The highest BCUT2D eigenvalue weighted by Crippen LogP contribution is 2.39. The van der Waals surface area contributed by atoms with Gasteiger partial charge in [0.15, 0.2) is 11.6 Å². The first-order valence-electron chi connectivity index (χ1n) is 19.0. The Labute approximate surface area is 317 Å². The number of aromatic nitrogens is 5. The average Bonchev–Trinajstić information content (AvgIpc) is 3.38. The summed E-state index contributed by atoms with van der Waals surface area (Å²) in [6, 6.07) is 34.5. The van der Waals surface area contributed by atoms with Crippen molar-refractivity contribution in [1.82, 2.24) is 24.1 Å². The van der Waals surface area contributed by atoms with E-state index in [4.69, 9.17) is 15.0 Å². The molecule has 2 aliphatic rings. The van der Waals surface area contributed by atoms with Crippen LogP contribution in [0.2, 0.25) is 0 Å². The Balaban J connectivity index is 1.30. The van der Waals surface area contributed by atoms with Gasteiger partial charge in [0.25, 0.3) is 0 Å². The van der Waals surface area contributed by atoms with Crippen LogP contribution in [0.25, 0.3) is 74.5 Å². The molecule has 54 heavy (non-hydrogen) atoms. The lowest BCUT2D eigenvalue weighted by molar-refractivity contribution is 0.590. The monoisotopic (exact) mass is 703 g/mol. The van der Waals surface area contributed by atoms with Crippen LogP contribution in [0, 0.1) is 0 Å². The van der Waals surface area contributed by atoms with E-state index in [0.717, 1.165) is 28.6 Å². The zero-order valence-corrected chi connectivity index (χ0v) is 31.9. The summed E-state index contributed by atoms with van der Waals surface area (Å²) in [6.45, 7) is 13.8. The van der Waals surface area contributed by atoms with Crippen LogP contribution in [0.15, 0.2) is 121 Å². The van der Waals surface area contributed by atoms with E-state index in [1.54, 1.807) is 0 Å². The van der Waals surface area contributed by atoms with Gasteiger partial charge in [0.1, 0.15) is 0 Å². The number of nitrogens with zero attached hydrogens (tertiary/aromatic N) is 5. The highest BCUT2D eigenvalue weighted by atomic mass is 15.2. The second-order valence-electron chi connectivity index (χ2n) is 16.5. The molecule has 9 rings (SSSR count). The van der Waals surface area contributed by atoms with E-state index in [0.29, 0.717) is 24.0 Å². The Hall–Kier alpha value is -6.07. The van der Waals surface area contributed by atoms with Gasteiger partial charge in [-0.25, -0.2) is 4.98 Å². The molecular formula is C49H45N5. The van der Waals surface area contributed by atoms with Crippen LogP contribution in [0.5, 0.6) is 0 Å². The number of rotatable bonds is 4. The van der Waals surface area contributed by atoms with Crippen molar-refractivity contribution in [2.75, 3.05) is 0 Å². The molecule has 0 amide bonds. The minimum Gasteiger partial charge on any atom is -0.313 e. The number of allylic oxidation sites excluding steroid dienone is 5. The van der Waals surface area contributed by atoms with Crippen molar-refractivity contribution in [3.8, 4) is 28.7 Å². The highest BCUT2D eigenvalue weighted by molar-refractivity contribution is 6.10. The first-order valence-corrected chi connectivity index (χ1v) is 19.0. The van der Waals surface area contributed by atoms with Gasteiger partial charge in [0, 0.05) is 50.5 Å². The predicted molar refractivity (Wildman–Crippen MR) is 226 cm³/mol. The number of hydrogen-bond acceptors (Lipinski definition) is 3. The average molecular weight is 704 g/mol. The molecule has 266 valence electrons. The van der Waals surface area contributed by atoms with Gasteiger partial charge in [-0.2, -0.15) is 9.97 Å². The molecule has 0 aliphatic heterocycles. The second-order valence-corrected chi connectivity index (χ2v) is 16.5. The fourth-order valence-corrected chi connectivity index (χ4v) is 7.87. The van der Waals surface area contributed by atoms with Crippen LogP contribution in [0.3, 0.4) is 0 Å². The van der Waals surface area contributed by atoms with E-state index in [2.05, 4.69) is 154 Å². The van der Waals surface area contributed by atoms with Crippen molar-refractivity contribution in [2.45, 2.75) is 65.2 Å². The fraction of sp³-hybridized carbons (Fsp3) is 0.204. The van der Waals surface area contributed by atoms with Gasteiger partial charge >= 0.3 is 0 Å². The Bertz CT molecular complexity index is 2690. The van der Waals surface area contributed by atoms with Gasteiger partial charge in [-0.15, -0.1) is 0 Å². The van der Waals surface area contributed by atoms with Gasteiger partial charge in [-0.3, -0.25) is 4.57 Å². The van der Waals surface area contributed by atoms with Crippen molar-refractivity contribution in [1.29, 1.82) is 0 Å². The standard InChI is InChI=1S/C49H45N5/c1-48(2,3)34-25-27-42-39(29-34)40-30-35(49(4,5)6)26-28-43(40)53(42)36-21-16-23-38-37-22-14-9-15-24-41(37)54(44(38)31-36)47-51-45(32-17-10-7-11-18-32)50-46(52-47)33-19-12-8-13-20-33/h7-13,15-30H,14,31H2,1-6H3. The molecule has 5 nitrogen and oxygen atoms in total. The summed E-state index contributed by atoms with van der Waals surface area (Å²) in [4.78, 5) is 15.5. The third-order valence-corrected chi connectivity index (χ3v) is 10.8. The van der Waals surface area contributed by atoms with Crippen LogP contribution in [-0.2, 0) is 17.3 Å². The largest absolute Gasteiger partial charge is 0.313 e. The summed E-state index contributed by atoms with van der Waals surface area (Å²) >= 11 is 0. The molecule has 0 spiro atoms. The topological polar surface area (TPSA) is 48.5 Å². The van der Waals surface area contributed by atoms with Crippen molar-refractivity contribution in [3.05, 3.63) is 154 Å². The van der Waals surface area contributed by atoms with E-state index in [-0.39, 0.29) is 10.8 Å². The zero-order valence-electron chi connectivity index (χ0n) is 31.9. The summed E-state index contributed by atoms with van der Waals surface area (Å²) < 4.78 is 4.77.